The van der Waals surface area contributed by atoms with Gasteiger partial charge in [-0.1, -0.05) is 25.5 Å². The van der Waals surface area contributed by atoms with Crippen molar-refractivity contribution in [3.05, 3.63) is 35.4 Å². The Bertz CT molecular complexity index is 427. The molecule has 1 heterocycles. The van der Waals surface area contributed by atoms with Crippen LogP contribution < -0.4 is 0 Å². The molecule has 0 radical (unpaired) electrons. The van der Waals surface area contributed by atoms with Crippen molar-refractivity contribution < 1.29 is 4.79 Å². The van der Waals surface area contributed by atoms with Gasteiger partial charge in [0, 0.05) is 19.2 Å². The van der Waals surface area contributed by atoms with Gasteiger partial charge in [-0.15, -0.1) is 23.5 Å². The minimum atomic E-state index is 0.133. The van der Waals surface area contributed by atoms with Crippen LogP contribution in [0.4, 0.5) is 0 Å². The summed E-state index contributed by atoms with van der Waals surface area (Å²) in [7, 11) is 1.89. The Morgan fingerprint density at radius 1 is 1.25 bits per heavy atom. The van der Waals surface area contributed by atoms with Gasteiger partial charge in [0.05, 0.1) is 4.58 Å². The van der Waals surface area contributed by atoms with Crippen molar-refractivity contribution in [3.8, 4) is 0 Å². The number of carbonyl (C=O) groups excluding carboxylic acids is 1. The number of hydrogen-bond donors (Lipinski definition) is 0. The first-order chi connectivity index (χ1) is 9.72. The Labute approximate surface area is 130 Å². The van der Waals surface area contributed by atoms with Gasteiger partial charge in [-0.05, 0) is 42.0 Å². The van der Waals surface area contributed by atoms with Crippen molar-refractivity contribution in [3.63, 3.8) is 0 Å². The summed E-state index contributed by atoms with van der Waals surface area (Å²) >= 11 is 4.03. The van der Waals surface area contributed by atoms with Crippen LogP contribution in [0.5, 0.6) is 0 Å². The van der Waals surface area contributed by atoms with Crippen molar-refractivity contribution >= 4 is 29.4 Å². The molecule has 110 valence electrons. The number of amides is 1. The molecule has 0 atom stereocenters. The summed E-state index contributed by atoms with van der Waals surface area (Å²) in [4.78, 5) is 14.1. The molecule has 0 unspecified atom stereocenters. The van der Waals surface area contributed by atoms with Gasteiger partial charge < -0.3 is 4.90 Å². The van der Waals surface area contributed by atoms with Crippen molar-refractivity contribution in [2.75, 3.05) is 25.1 Å². The highest BCUT2D eigenvalue weighted by atomic mass is 32.2. The Hall–Kier alpha value is -0.610. The van der Waals surface area contributed by atoms with Gasteiger partial charge in [-0.25, -0.2) is 0 Å². The molecule has 1 aromatic carbocycles. The molecular formula is C16H23NOS2. The first-order valence-corrected chi connectivity index (χ1v) is 9.40. The molecule has 1 aromatic rings. The Balaban J connectivity index is 1.98. The van der Waals surface area contributed by atoms with Crippen molar-refractivity contribution in [1.82, 2.24) is 4.90 Å². The Kier molecular flexibility index (Phi) is 6.30. The van der Waals surface area contributed by atoms with E-state index in [0.717, 1.165) is 24.9 Å². The maximum atomic E-state index is 12.3. The van der Waals surface area contributed by atoms with Gasteiger partial charge in [0.2, 0.25) is 0 Å². The predicted octanol–water partition coefficient (Wildman–Crippen LogP) is 4.43. The number of carbonyl (C=O) groups is 1. The van der Waals surface area contributed by atoms with Crippen molar-refractivity contribution in [1.29, 1.82) is 0 Å². The third-order valence-corrected chi connectivity index (χ3v) is 6.47. The molecule has 2 nitrogen and oxygen atoms in total. The first-order valence-electron chi connectivity index (χ1n) is 7.31. The number of nitrogens with zero attached hydrogens (tertiary/aromatic N) is 1. The minimum Gasteiger partial charge on any atom is -0.342 e. The van der Waals surface area contributed by atoms with E-state index in [9.17, 15) is 4.79 Å². The molecule has 0 aliphatic carbocycles. The van der Waals surface area contributed by atoms with Crippen LogP contribution in [0.15, 0.2) is 24.3 Å². The molecule has 0 aromatic heterocycles. The van der Waals surface area contributed by atoms with Gasteiger partial charge in [0.1, 0.15) is 0 Å². The topological polar surface area (TPSA) is 20.3 Å². The maximum absolute atomic E-state index is 12.3. The molecule has 0 N–H and O–H groups in total. The average molecular weight is 309 g/mol. The molecule has 4 heteroatoms. The number of unbranched alkanes of at least 4 members (excludes halogenated alkanes) is 1. The predicted molar refractivity (Wildman–Crippen MR) is 90.6 cm³/mol. The summed E-state index contributed by atoms with van der Waals surface area (Å²) in [6.45, 7) is 2.98. The monoisotopic (exact) mass is 309 g/mol. The second-order valence-electron chi connectivity index (χ2n) is 5.13. The Morgan fingerprint density at radius 3 is 2.50 bits per heavy atom. The van der Waals surface area contributed by atoms with Crippen LogP contribution in [-0.2, 0) is 0 Å². The van der Waals surface area contributed by atoms with Gasteiger partial charge in [0.25, 0.3) is 5.91 Å². The molecular weight excluding hydrogens is 286 g/mol. The molecule has 0 spiro atoms. The number of benzene rings is 1. The molecule has 0 saturated carbocycles. The number of thioether (sulfide) groups is 2. The fourth-order valence-electron chi connectivity index (χ4n) is 2.18. The second kappa shape index (κ2) is 7.99. The van der Waals surface area contributed by atoms with Crippen LogP contribution in [0.25, 0.3) is 0 Å². The molecule has 1 aliphatic heterocycles. The van der Waals surface area contributed by atoms with Crippen LogP contribution in [0.2, 0.25) is 0 Å². The maximum Gasteiger partial charge on any atom is 0.253 e. The van der Waals surface area contributed by atoms with Crippen LogP contribution in [0.3, 0.4) is 0 Å². The third kappa shape index (κ3) is 4.19. The van der Waals surface area contributed by atoms with E-state index < -0.39 is 0 Å². The van der Waals surface area contributed by atoms with Crippen LogP contribution >= 0.6 is 23.5 Å². The molecule has 1 amide bonds. The fourth-order valence-corrected chi connectivity index (χ4v) is 5.07. The number of hydrogen-bond acceptors (Lipinski definition) is 3. The lowest BCUT2D eigenvalue weighted by molar-refractivity contribution is 0.0793. The van der Waals surface area contributed by atoms with E-state index in [2.05, 4.69) is 19.1 Å². The van der Waals surface area contributed by atoms with E-state index in [1.54, 1.807) is 0 Å². The molecule has 1 saturated heterocycles. The highest BCUT2D eigenvalue weighted by molar-refractivity contribution is 8.16. The van der Waals surface area contributed by atoms with E-state index in [1.807, 2.05) is 47.6 Å². The number of rotatable bonds is 5. The normalized spacial score (nSPS) is 16.1. The summed E-state index contributed by atoms with van der Waals surface area (Å²) in [5.74, 6) is 2.63. The molecule has 0 bridgehead atoms. The van der Waals surface area contributed by atoms with Crippen molar-refractivity contribution in [2.45, 2.75) is 30.8 Å². The molecule has 2 rings (SSSR count). The fraction of sp³-hybridized carbons (Fsp3) is 0.562. The summed E-state index contributed by atoms with van der Waals surface area (Å²) in [5, 5.41) is 0. The lowest BCUT2D eigenvalue weighted by atomic mass is 10.1. The Morgan fingerprint density at radius 2 is 1.90 bits per heavy atom. The smallest absolute Gasteiger partial charge is 0.253 e. The molecule has 20 heavy (non-hydrogen) atoms. The van der Waals surface area contributed by atoms with E-state index in [1.165, 1.54) is 23.5 Å². The highest BCUT2D eigenvalue weighted by Crippen LogP contribution is 2.43. The zero-order valence-corrected chi connectivity index (χ0v) is 13.9. The zero-order chi connectivity index (χ0) is 14.4. The zero-order valence-electron chi connectivity index (χ0n) is 12.3. The first kappa shape index (κ1) is 15.8. The lowest BCUT2D eigenvalue weighted by Gasteiger charge is -2.21. The third-order valence-electron chi connectivity index (χ3n) is 3.45. The van der Waals surface area contributed by atoms with E-state index in [4.69, 9.17) is 0 Å². The van der Waals surface area contributed by atoms with Gasteiger partial charge >= 0.3 is 0 Å². The van der Waals surface area contributed by atoms with Gasteiger partial charge in [-0.2, -0.15) is 0 Å². The summed E-state index contributed by atoms with van der Waals surface area (Å²) < 4.78 is 0.547. The largest absolute Gasteiger partial charge is 0.342 e. The summed E-state index contributed by atoms with van der Waals surface area (Å²) in [6, 6.07) is 8.21. The van der Waals surface area contributed by atoms with Crippen LogP contribution in [-0.4, -0.2) is 35.9 Å². The quantitative estimate of drug-likeness (QED) is 0.802. The van der Waals surface area contributed by atoms with Gasteiger partial charge in [-0.3, -0.25) is 4.79 Å². The average Bonchev–Trinajstić information content (AvgIpc) is 2.53. The van der Waals surface area contributed by atoms with E-state index in [0.29, 0.717) is 4.58 Å². The molecule has 1 aliphatic rings. The van der Waals surface area contributed by atoms with Crippen LogP contribution in [0, 0.1) is 0 Å². The second-order valence-corrected chi connectivity index (χ2v) is 7.85. The summed E-state index contributed by atoms with van der Waals surface area (Å²) in [5.41, 5.74) is 2.14. The standard InChI is InChI=1S/C16H23NOS2/c1-3-4-10-17(2)15(18)13-6-8-14(9-7-13)16-19-11-5-12-20-16/h6-9,16H,3-5,10-12H2,1-2H3. The van der Waals surface area contributed by atoms with Crippen LogP contribution in [0.1, 0.15) is 46.7 Å². The van der Waals surface area contributed by atoms with Gasteiger partial charge in [0.15, 0.2) is 0 Å². The summed E-state index contributed by atoms with van der Waals surface area (Å²) in [6.07, 6.45) is 3.49. The SMILES string of the molecule is CCCCN(C)C(=O)c1ccc(C2SCCCS2)cc1. The minimum absolute atomic E-state index is 0.133. The van der Waals surface area contributed by atoms with E-state index >= 15 is 0 Å². The lowest BCUT2D eigenvalue weighted by Crippen LogP contribution is -2.27. The van der Waals surface area contributed by atoms with E-state index in [-0.39, 0.29) is 5.91 Å². The molecule has 1 fully saturated rings. The van der Waals surface area contributed by atoms with Crippen molar-refractivity contribution in [2.24, 2.45) is 0 Å². The highest BCUT2D eigenvalue weighted by Gasteiger charge is 2.17.